The summed E-state index contributed by atoms with van der Waals surface area (Å²) in [5.74, 6) is 0.233. The van der Waals surface area contributed by atoms with Crippen LogP contribution in [0.15, 0.2) is 18.2 Å². The summed E-state index contributed by atoms with van der Waals surface area (Å²) in [5.41, 5.74) is 0.211. The van der Waals surface area contributed by atoms with Gasteiger partial charge in [0.25, 0.3) is 0 Å². The minimum absolute atomic E-state index is 0.0990. The zero-order valence-corrected chi connectivity index (χ0v) is 11.9. The van der Waals surface area contributed by atoms with Crippen LogP contribution in [0.2, 0.25) is 0 Å². The first-order chi connectivity index (χ1) is 9.10. The van der Waals surface area contributed by atoms with Crippen molar-refractivity contribution >= 4 is 21.6 Å². The molecule has 5 nitrogen and oxygen atoms in total. The molecule has 100 valence electrons. The van der Waals surface area contributed by atoms with Gasteiger partial charge in [0.2, 0.25) is 0 Å². The number of benzene rings is 1. The molecule has 1 aliphatic rings. The lowest BCUT2D eigenvalue weighted by Gasteiger charge is -2.39. The molecule has 19 heavy (non-hydrogen) atoms. The summed E-state index contributed by atoms with van der Waals surface area (Å²) < 4.78 is 5.62. The van der Waals surface area contributed by atoms with E-state index in [1.54, 1.807) is 0 Å². The fourth-order valence-electron chi connectivity index (χ4n) is 2.08. The molecule has 0 unspecified atom stereocenters. The first kappa shape index (κ1) is 13.8. The van der Waals surface area contributed by atoms with E-state index in [-0.39, 0.29) is 22.4 Å². The highest BCUT2D eigenvalue weighted by Gasteiger charge is 2.37. The van der Waals surface area contributed by atoms with Crippen LogP contribution in [-0.4, -0.2) is 16.9 Å². The molecule has 1 aliphatic carbocycles. The standard InChI is InChI=1S/C13H13BrN2O3/c14-8-13(4-1-5-13)9-19-12-3-2-10(7-15)6-11(12)16(17)18/h2-3,6H,1,4-5,8-9H2. The lowest BCUT2D eigenvalue weighted by atomic mass is 9.71. The molecule has 0 heterocycles. The highest BCUT2D eigenvalue weighted by molar-refractivity contribution is 9.09. The van der Waals surface area contributed by atoms with Gasteiger partial charge in [0, 0.05) is 16.8 Å². The van der Waals surface area contributed by atoms with Crippen LogP contribution in [0.5, 0.6) is 5.75 Å². The molecule has 1 aromatic carbocycles. The van der Waals surface area contributed by atoms with Gasteiger partial charge in [-0.3, -0.25) is 10.1 Å². The molecule has 6 heteroatoms. The molecule has 0 spiro atoms. The second-order valence-corrected chi connectivity index (χ2v) is 5.39. The molecule has 0 N–H and O–H groups in total. The van der Waals surface area contributed by atoms with Gasteiger partial charge in [-0.1, -0.05) is 22.4 Å². The van der Waals surface area contributed by atoms with Gasteiger partial charge in [-0.05, 0) is 25.0 Å². The molecule has 1 fully saturated rings. The lowest BCUT2D eigenvalue weighted by molar-refractivity contribution is -0.386. The van der Waals surface area contributed by atoms with Crippen LogP contribution < -0.4 is 4.74 Å². The van der Waals surface area contributed by atoms with Crippen molar-refractivity contribution in [3.8, 4) is 11.8 Å². The topological polar surface area (TPSA) is 76.2 Å². The lowest BCUT2D eigenvalue weighted by Crippen LogP contribution is -2.37. The number of ether oxygens (including phenoxy) is 1. The number of nitro groups is 1. The predicted octanol–water partition coefficient (Wildman–Crippen LogP) is 3.41. The second kappa shape index (κ2) is 5.57. The first-order valence-electron chi connectivity index (χ1n) is 5.97. The maximum Gasteiger partial charge on any atom is 0.312 e. The highest BCUT2D eigenvalue weighted by Crippen LogP contribution is 2.43. The van der Waals surface area contributed by atoms with E-state index in [4.69, 9.17) is 10.00 Å². The van der Waals surface area contributed by atoms with Gasteiger partial charge in [0.15, 0.2) is 5.75 Å². The molecule has 0 radical (unpaired) electrons. The number of hydrogen-bond donors (Lipinski definition) is 0. The van der Waals surface area contributed by atoms with Crippen LogP contribution in [-0.2, 0) is 0 Å². The quantitative estimate of drug-likeness (QED) is 0.472. The van der Waals surface area contributed by atoms with Crippen molar-refractivity contribution in [3.63, 3.8) is 0 Å². The minimum Gasteiger partial charge on any atom is -0.486 e. The Bertz CT molecular complexity index is 530. The SMILES string of the molecule is N#Cc1ccc(OCC2(CBr)CCC2)c([N+](=O)[O-])c1. The highest BCUT2D eigenvalue weighted by atomic mass is 79.9. The van der Waals surface area contributed by atoms with Gasteiger partial charge in [-0.15, -0.1) is 0 Å². The van der Waals surface area contributed by atoms with E-state index in [9.17, 15) is 10.1 Å². The third kappa shape index (κ3) is 2.87. The van der Waals surface area contributed by atoms with Gasteiger partial charge in [-0.25, -0.2) is 0 Å². The Hall–Kier alpha value is -1.61. The van der Waals surface area contributed by atoms with E-state index in [1.165, 1.54) is 24.6 Å². The average molecular weight is 325 g/mol. The van der Waals surface area contributed by atoms with Crippen molar-refractivity contribution in [3.05, 3.63) is 33.9 Å². The maximum absolute atomic E-state index is 11.0. The van der Waals surface area contributed by atoms with E-state index in [0.717, 1.165) is 18.2 Å². The summed E-state index contributed by atoms with van der Waals surface area (Å²) in [6, 6.07) is 6.16. The first-order valence-corrected chi connectivity index (χ1v) is 7.10. The smallest absolute Gasteiger partial charge is 0.312 e. The molecule has 0 amide bonds. The van der Waals surface area contributed by atoms with Gasteiger partial charge >= 0.3 is 5.69 Å². The molecule has 1 aromatic rings. The van der Waals surface area contributed by atoms with Crippen LogP contribution >= 0.6 is 15.9 Å². The average Bonchev–Trinajstić information content (AvgIpc) is 2.38. The van der Waals surface area contributed by atoms with Crippen LogP contribution in [0.4, 0.5) is 5.69 Å². The Balaban J connectivity index is 2.16. The van der Waals surface area contributed by atoms with Crippen molar-refractivity contribution in [2.75, 3.05) is 11.9 Å². The number of nitrogens with zero attached hydrogens (tertiary/aromatic N) is 2. The van der Waals surface area contributed by atoms with Crippen molar-refractivity contribution in [1.82, 2.24) is 0 Å². The Kier molecular flexibility index (Phi) is 4.05. The summed E-state index contributed by atoms with van der Waals surface area (Å²) in [4.78, 5) is 10.5. The van der Waals surface area contributed by atoms with E-state index in [2.05, 4.69) is 15.9 Å². The predicted molar refractivity (Wildman–Crippen MR) is 73.4 cm³/mol. The molecule has 2 rings (SSSR count). The summed E-state index contributed by atoms with van der Waals surface area (Å²) >= 11 is 3.47. The van der Waals surface area contributed by atoms with Crippen molar-refractivity contribution in [2.24, 2.45) is 5.41 Å². The Morgan fingerprint density at radius 3 is 2.74 bits per heavy atom. The normalized spacial score (nSPS) is 16.2. The van der Waals surface area contributed by atoms with Crippen molar-refractivity contribution < 1.29 is 9.66 Å². The monoisotopic (exact) mass is 324 g/mol. The fourth-order valence-corrected chi connectivity index (χ4v) is 2.80. The van der Waals surface area contributed by atoms with Crippen molar-refractivity contribution in [2.45, 2.75) is 19.3 Å². The van der Waals surface area contributed by atoms with Gasteiger partial charge < -0.3 is 4.74 Å². The zero-order valence-electron chi connectivity index (χ0n) is 10.3. The summed E-state index contributed by atoms with van der Waals surface area (Å²) in [5, 5.41) is 20.6. The molecule has 0 aliphatic heterocycles. The number of nitriles is 1. The summed E-state index contributed by atoms with van der Waals surface area (Å²) in [6.07, 6.45) is 3.31. The zero-order chi connectivity index (χ0) is 13.9. The van der Waals surface area contributed by atoms with E-state index < -0.39 is 4.92 Å². The van der Waals surface area contributed by atoms with Gasteiger partial charge in [-0.2, -0.15) is 5.26 Å². The maximum atomic E-state index is 11.0. The fraction of sp³-hybridized carbons (Fsp3) is 0.462. The van der Waals surface area contributed by atoms with Crippen LogP contribution in [0.3, 0.4) is 0 Å². The number of nitro benzene ring substituents is 1. The van der Waals surface area contributed by atoms with E-state index >= 15 is 0 Å². The second-order valence-electron chi connectivity index (χ2n) is 4.83. The Morgan fingerprint density at radius 1 is 1.53 bits per heavy atom. The van der Waals surface area contributed by atoms with Gasteiger partial charge in [0.1, 0.15) is 0 Å². The van der Waals surface area contributed by atoms with Crippen LogP contribution in [0.1, 0.15) is 24.8 Å². The molecule has 0 atom stereocenters. The van der Waals surface area contributed by atoms with Crippen LogP contribution in [0, 0.1) is 26.9 Å². The molecular formula is C13H13BrN2O3. The Labute approximate surface area is 119 Å². The third-order valence-electron chi connectivity index (χ3n) is 3.52. The van der Waals surface area contributed by atoms with Crippen LogP contribution in [0.25, 0.3) is 0 Å². The largest absolute Gasteiger partial charge is 0.486 e. The third-order valence-corrected chi connectivity index (χ3v) is 4.71. The molecule has 0 saturated heterocycles. The van der Waals surface area contributed by atoms with E-state index in [1.807, 2.05) is 6.07 Å². The molecular weight excluding hydrogens is 312 g/mol. The van der Waals surface area contributed by atoms with Crippen molar-refractivity contribution in [1.29, 1.82) is 5.26 Å². The van der Waals surface area contributed by atoms with E-state index in [0.29, 0.717) is 6.61 Å². The Morgan fingerprint density at radius 2 is 2.26 bits per heavy atom. The van der Waals surface area contributed by atoms with Gasteiger partial charge in [0.05, 0.1) is 23.2 Å². The molecule has 0 bridgehead atoms. The molecule has 1 saturated carbocycles. The number of alkyl halides is 1. The number of hydrogen-bond acceptors (Lipinski definition) is 4. The summed E-state index contributed by atoms with van der Waals surface area (Å²) in [7, 11) is 0. The molecule has 0 aromatic heterocycles. The number of halogens is 1. The summed E-state index contributed by atoms with van der Waals surface area (Å²) in [6.45, 7) is 0.463. The number of rotatable bonds is 5. The minimum atomic E-state index is -0.516.